The van der Waals surface area contributed by atoms with Gasteiger partial charge in [0.1, 0.15) is 5.75 Å². The Morgan fingerprint density at radius 2 is 1.70 bits per heavy atom. The Labute approximate surface area is 128 Å². The maximum absolute atomic E-state index is 13.4. The van der Waals surface area contributed by atoms with Crippen molar-refractivity contribution in [2.24, 2.45) is 0 Å². The number of hydrogen-bond donors (Lipinski definition) is 1. The van der Waals surface area contributed by atoms with Crippen LogP contribution in [0.1, 0.15) is 0 Å². The highest BCUT2D eigenvalue weighted by Gasteiger charge is 2.21. The lowest BCUT2D eigenvalue weighted by Crippen LogP contribution is -2.21. The van der Waals surface area contributed by atoms with Gasteiger partial charge in [-0.05, 0) is 12.1 Å². The van der Waals surface area contributed by atoms with Crippen molar-refractivity contribution in [2.75, 3.05) is 19.0 Å². The third-order valence-electron chi connectivity index (χ3n) is 2.80. The van der Waals surface area contributed by atoms with Crippen molar-refractivity contribution in [1.82, 2.24) is 0 Å². The zero-order chi connectivity index (χ0) is 17.0. The van der Waals surface area contributed by atoms with E-state index in [0.717, 1.165) is 0 Å². The van der Waals surface area contributed by atoms with E-state index >= 15 is 0 Å². The first-order chi connectivity index (χ1) is 10.9. The Balaban J connectivity index is 2.08. The van der Waals surface area contributed by atoms with E-state index in [2.05, 4.69) is 10.1 Å². The van der Waals surface area contributed by atoms with Gasteiger partial charge in [-0.25, -0.2) is 8.78 Å². The monoisotopic (exact) mass is 329 g/mol. The van der Waals surface area contributed by atoms with Gasteiger partial charge < -0.3 is 14.8 Å². The summed E-state index contributed by atoms with van der Waals surface area (Å²) in [5, 5.41) is 2.38. The fourth-order valence-electron chi connectivity index (χ4n) is 1.75. The lowest BCUT2D eigenvalue weighted by atomic mass is 10.3. The lowest BCUT2D eigenvalue weighted by molar-refractivity contribution is -0.118. The molecule has 0 radical (unpaired) electrons. The molecule has 2 rings (SSSR count). The van der Waals surface area contributed by atoms with Crippen molar-refractivity contribution in [3.63, 3.8) is 0 Å². The van der Waals surface area contributed by atoms with Gasteiger partial charge in [-0.1, -0.05) is 12.1 Å². The quantitative estimate of drug-likeness (QED) is 0.676. The van der Waals surface area contributed by atoms with Gasteiger partial charge in [0.15, 0.2) is 24.0 Å². The molecule has 1 amide bonds. The van der Waals surface area contributed by atoms with Crippen LogP contribution in [0, 0.1) is 23.3 Å². The second-order valence-electron chi connectivity index (χ2n) is 4.33. The Morgan fingerprint density at radius 3 is 2.30 bits per heavy atom. The number of amides is 1. The molecule has 4 nitrogen and oxygen atoms in total. The van der Waals surface area contributed by atoms with Crippen LogP contribution in [0.3, 0.4) is 0 Å². The van der Waals surface area contributed by atoms with Crippen molar-refractivity contribution in [2.45, 2.75) is 0 Å². The summed E-state index contributed by atoms with van der Waals surface area (Å²) in [5.41, 5.74) is 0.301. The SMILES string of the molecule is COc1ccccc1NC(=O)COc1c(F)c(F)cc(F)c1F. The fraction of sp³-hybridized carbons (Fsp3) is 0.133. The maximum Gasteiger partial charge on any atom is 0.262 e. The highest BCUT2D eigenvalue weighted by Crippen LogP contribution is 2.27. The molecule has 0 aliphatic heterocycles. The molecule has 0 saturated heterocycles. The summed E-state index contributed by atoms with van der Waals surface area (Å²) in [7, 11) is 1.39. The van der Waals surface area contributed by atoms with E-state index in [1.165, 1.54) is 13.2 Å². The minimum absolute atomic E-state index is 0.0480. The van der Waals surface area contributed by atoms with Crippen LogP contribution < -0.4 is 14.8 Å². The first-order valence-corrected chi connectivity index (χ1v) is 6.32. The molecule has 0 aromatic heterocycles. The Hall–Kier alpha value is -2.77. The van der Waals surface area contributed by atoms with Crippen LogP contribution in [0.2, 0.25) is 0 Å². The van der Waals surface area contributed by atoms with Gasteiger partial charge in [0.05, 0.1) is 12.8 Å². The fourth-order valence-corrected chi connectivity index (χ4v) is 1.75. The number of anilines is 1. The smallest absolute Gasteiger partial charge is 0.262 e. The zero-order valence-electron chi connectivity index (χ0n) is 11.8. The van der Waals surface area contributed by atoms with Gasteiger partial charge >= 0.3 is 0 Å². The molecule has 0 atom stereocenters. The molecule has 122 valence electrons. The van der Waals surface area contributed by atoms with Crippen LogP contribution in [0.25, 0.3) is 0 Å². The molecule has 0 spiro atoms. The first-order valence-electron chi connectivity index (χ1n) is 6.32. The van der Waals surface area contributed by atoms with Gasteiger partial charge in [-0.2, -0.15) is 8.78 Å². The largest absolute Gasteiger partial charge is 0.495 e. The summed E-state index contributed by atoms with van der Waals surface area (Å²) in [5.74, 6) is -8.40. The predicted octanol–water partition coefficient (Wildman–Crippen LogP) is 3.27. The Bertz CT molecular complexity index is 711. The molecule has 2 aromatic carbocycles. The molecule has 0 fully saturated rings. The Kier molecular flexibility index (Phi) is 5.05. The van der Waals surface area contributed by atoms with Gasteiger partial charge in [-0.3, -0.25) is 4.79 Å². The van der Waals surface area contributed by atoms with E-state index < -0.39 is 41.5 Å². The Morgan fingerprint density at radius 1 is 1.09 bits per heavy atom. The molecule has 0 aliphatic rings. The van der Waals surface area contributed by atoms with Crippen molar-refractivity contribution >= 4 is 11.6 Å². The molecule has 0 bridgehead atoms. The van der Waals surface area contributed by atoms with Gasteiger partial charge in [0.2, 0.25) is 11.6 Å². The summed E-state index contributed by atoms with van der Waals surface area (Å²) < 4.78 is 62.3. The van der Waals surface area contributed by atoms with Crippen LogP contribution in [-0.4, -0.2) is 19.6 Å². The number of halogens is 4. The average Bonchev–Trinajstić information content (AvgIpc) is 2.53. The molecule has 0 unspecified atom stereocenters. The summed E-state index contributed by atoms with van der Waals surface area (Å²) in [6, 6.07) is 6.45. The van der Waals surface area contributed by atoms with Crippen molar-refractivity contribution < 1.29 is 31.8 Å². The molecule has 2 aromatic rings. The minimum Gasteiger partial charge on any atom is -0.495 e. The second-order valence-corrected chi connectivity index (χ2v) is 4.33. The number of nitrogens with one attached hydrogen (secondary N) is 1. The topological polar surface area (TPSA) is 47.6 Å². The third-order valence-corrected chi connectivity index (χ3v) is 2.80. The van der Waals surface area contributed by atoms with Gasteiger partial charge in [0.25, 0.3) is 5.91 Å². The molecule has 0 aliphatic carbocycles. The highest BCUT2D eigenvalue weighted by atomic mass is 19.2. The lowest BCUT2D eigenvalue weighted by Gasteiger charge is -2.11. The average molecular weight is 329 g/mol. The third kappa shape index (κ3) is 3.71. The molecule has 8 heteroatoms. The van der Waals surface area contributed by atoms with Gasteiger partial charge in [0, 0.05) is 6.07 Å². The van der Waals surface area contributed by atoms with Gasteiger partial charge in [-0.15, -0.1) is 0 Å². The summed E-state index contributed by atoms with van der Waals surface area (Å²) >= 11 is 0. The summed E-state index contributed by atoms with van der Waals surface area (Å²) in [4.78, 5) is 11.7. The highest BCUT2D eigenvalue weighted by molar-refractivity contribution is 5.93. The van der Waals surface area contributed by atoms with E-state index in [0.29, 0.717) is 11.4 Å². The van der Waals surface area contributed by atoms with Crippen LogP contribution in [-0.2, 0) is 4.79 Å². The second kappa shape index (κ2) is 6.99. The number of methoxy groups -OCH3 is 1. The normalized spacial score (nSPS) is 10.3. The van der Waals surface area contributed by atoms with Crippen LogP contribution in [0.5, 0.6) is 11.5 Å². The molecular weight excluding hydrogens is 318 g/mol. The number of para-hydroxylation sites is 2. The first kappa shape index (κ1) is 16.6. The van der Waals surface area contributed by atoms with Crippen molar-refractivity contribution in [3.05, 3.63) is 53.6 Å². The molecular formula is C15H11F4NO3. The number of carbonyl (C=O) groups is 1. The van der Waals surface area contributed by atoms with Crippen LogP contribution in [0.15, 0.2) is 30.3 Å². The number of carbonyl (C=O) groups excluding carboxylic acids is 1. The maximum atomic E-state index is 13.4. The van der Waals surface area contributed by atoms with E-state index in [4.69, 9.17) is 4.74 Å². The van der Waals surface area contributed by atoms with Crippen molar-refractivity contribution in [1.29, 1.82) is 0 Å². The standard InChI is InChI=1S/C15H11F4NO3/c1-22-11-5-3-2-4-10(11)20-12(21)7-23-15-13(18)8(16)6-9(17)14(15)19/h2-6H,7H2,1H3,(H,20,21). The molecule has 1 N–H and O–H groups in total. The number of rotatable bonds is 5. The number of benzene rings is 2. The molecule has 0 heterocycles. The van der Waals surface area contributed by atoms with E-state index in [1.807, 2.05) is 0 Å². The van der Waals surface area contributed by atoms with Crippen LogP contribution >= 0.6 is 0 Å². The van der Waals surface area contributed by atoms with E-state index in [1.54, 1.807) is 18.2 Å². The van der Waals surface area contributed by atoms with E-state index in [9.17, 15) is 22.4 Å². The van der Waals surface area contributed by atoms with Crippen LogP contribution in [0.4, 0.5) is 23.2 Å². The zero-order valence-corrected chi connectivity index (χ0v) is 11.8. The summed E-state index contributed by atoms with van der Waals surface area (Å²) in [6.07, 6.45) is 0. The number of hydrogen-bond acceptors (Lipinski definition) is 3. The van der Waals surface area contributed by atoms with E-state index in [-0.39, 0.29) is 6.07 Å². The minimum atomic E-state index is -1.71. The van der Waals surface area contributed by atoms with Crippen molar-refractivity contribution in [3.8, 4) is 11.5 Å². The number of ether oxygens (including phenoxy) is 2. The predicted molar refractivity (Wildman–Crippen MR) is 73.4 cm³/mol. The summed E-state index contributed by atoms with van der Waals surface area (Å²) in [6.45, 7) is -0.852. The molecule has 0 saturated carbocycles. The molecule has 23 heavy (non-hydrogen) atoms.